The number of nitrogens with zero attached hydrogens (tertiary/aromatic N) is 1. The van der Waals surface area contributed by atoms with Gasteiger partial charge in [-0.05, 0) is 24.5 Å². The summed E-state index contributed by atoms with van der Waals surface area (Å²) in [6.45, 7) is 5.52. The molecule has 0 bridgehead atoms. The van der Waals surface area contributed by atoms with E-state index in [4.69, 9.17) is 11.6 Å². The van der Waals surface area contributed by atoms with Crippen molar-refractivity contribution in [2.45, 2.75) is 25.7 Å². The molecule has 0 aliphatic carbocycles. The number of sulfonamides is 1. The molecule has 0 unspecified atom stereocenters. The summed E-state index contributed by atoms with van der Waals surface area (Å²) in [6.07, 6.45) is 0. The molecule has 0 amide bonds. The zero-order valence-corrected chi connectivity index (χ0v) is 12.4. The lowest BCUT2D eigenvalue weighted by atomic mass is 10.2. The number of nitro groups is 1. The molecule has 106 valence electrons. The molecule has 0 heterocycles. The molecule has 1 aromatic rings. The molecule has 1 N–H and O–H groups in total. The highest BCUT2D eigenvalue weighted by molar-refractivity contribution is 7.89. The fourth-order valence-corrected chi connectivity index (χ4v) is 3.17. The van der Waals surface area contributed by atoms with E-state index in [1.54, 1.807) is 6.92 Å². The maximum absolute atomic E-state index is 12.1. The normalized spacial score (nSPS) is 11.8. The van der Waals surface area contributed by atoms with Gasteiger partial charge < -0.3 is 0 Å². The summed E-state index contributed by atoms with van der Waals surface area (Å²) in [5.74, 6) is 0.136. The maximum Gasteiger partial charge on any atom is 0.289 e. The summed E-state index contributed by atoms with van der Waals surface area (Å²) in [6, 6.07) is 2.27. The summed E-state index contributed by atoms with van der Waals surface area (Å²) >= 11 is 5.72. The van der Waals surface area contributed by atoms with Gasteiger partial charge in [-0.3, -0.25) is 10.1 Å². The van der Waals surface area contributed by atoms with Crippen LogP contribution in [0.3, 0.4) is 0 Å². The summed E-state index contributed by atoms with van der Waals surface area (Å²) < 4.78 is 26.5. The van der Waals surface area contributed by atoms with Crippen molar-refractivity contribution in [2.75, 3.05) is 6.54 Å². The van der Waals surface area contributed by atoms with Crippen molar-refractivity contribution < 1.29 is 13.3 Å². The predicted molar refractivity (Wildman–Crippen MR) is 72.9 cm³/mol. The first kappa shape index (κ1) is 15.9. The Labute approximate surface area is 117 Å². The fraction of sp³-hybridized carbons (Fsp3) is 0.455. The molecule has 0 atom stereocenters. The monoisotopic (exact) mass is 306 g/mol. The van der Waals surface area contributed by atoms with E-state index in [2.05, 4.69) is 4.72 Å². The van der Waals surface area contributed by atoms with E-state index < -0.39 is 20.6 Å². The minimum absolute atomic E-state index is 0.0784. The van der Waals surface area contributed by atoms with Gasteiger partial charge in [-0.1, -0.05) is 25.4 Å². The van der Waals surface area contributed by atoms with Crippen molar-refractivity contribution >= 4 is 27.3 Å². The van der Waals surface area contributed by atoms with Crippen LogP contribution in [0.5, 0.6) is 0 Å². The molecule has 19 heavy (non-hydrogen) atoms. The van der Waals surface area contributed by atoms with Gasteiger partial charge in [-0.25, -0.2) is 13.1 Å². The van der Waals surface area contributed by atoms with Gasteiger partial charge in [0, 0.05) is 12.6 Å². The van der Waals surface area contributed by atoms with E-state index >= 15 is 0 Å². The average Bonchev–Trinajstić information content (AvgIpc) is 2.25. The highest BCUT2D eigenvalue weighted by Gasteiger charge is 2.23. The quantitative estimate of drug-likeness (QED) is 0.668. The van der Waals surface area contributed by atoms with Crippen molar-refractivity contribution in [1.82, 2.24) is 4.72 Å². The van der Waals surface area contributed by atoms with E-state index in [0.29, 0.717) is 5.56 Å². The van der Waals surface area contributed by atoms with Gasteiger partial charge in [0.2, 0.25) is 10.0 Å². The molecule has 6 nitrogen and oxygen atoms in total. The van der Waals surface area contributed by atoms with Crippen molar-refractivity contribution in [2.24, 2.45) is 5.92 Å². The molecule has 0 spiro atoms. The summed E-state index contributed by atoms with van der Waals surface area (Å²) in [7, 11) is -3.77. The second-order valence-electron chi connectivity index (χ2n) is 4.57. The molecule has 8 heteroatoms. The molecule has 1 aromatic carbocycles. The first-order valence-electron chi connectivity index (χ1n) is 5.59. The second-order valence-corrected chi connectivity index (χ2v) is 6.71. The SMILES string of the molecule is Cc1cc(Cl)c([N+](=O)[O-])cc1S(=O)(=O)NCC(C)C. The van der Waals surface area contributed by atoms with Crippen molar-refractivity contribution in [3.05, 3.63) is 32.8 Å². The van der Waals surface area contributed by atoms with Gasteiger partial charge in [0.15, 0.2) is 0 Å². The third-order valence-corrected chi connectivity index (χ3v) is 4.28. The minimum atomic E-state index is -3.77. The lowest BCUT2D eigenvalue weighted by molar-refractivity contribution is -0.384. The molecule has 1 rings (SSSR count). The number of rotatable bonds is 5. The molecule has 0 radical (unpaired) electrons. The van der Waals surface area contributed by atoms with Gasteiger partial charge in [0.1, 0.15) is 5.02 Å². The Morgan fingerprint density at radius 1 is 1.42 bits per heavy atom. The van der Waals surface area contributed by atoms with Crippen LogP contribution in [-0.2, 0) is 10.0 Å². The van der Waals surface area contributed by atoms with E-state index in [-0.39, 0.29) is 22.4 Å². The first-order chi connectivity index (χ1) is 8.65. The van der Waals surface area contributed by atoms with Crippen LogP contribution in [0.1, 0.15) is 19.4 Å². The van der Waals surface area contributed by atoms with Crippen LogP contribution < -0.4 is 4.72 Å². The lowest BCUT2D eigenvalue weighted by Crippen LogP contribution is -2.28. The molecular weight excluding hydrogens is 292 g/mol. The van der Waals surface area contributed by atoms with Crippen LogP contribution in [0.15, 0.2) is 17.0 Å². The Bertz CT molecular complexity index is 599. The highest BCUT2D eigenvalue weighted by Crippen LogP contribution is 2.30. The minimum Gasteiger partial charge on any atom is -0.258 e. The van der Waals surface area contributed by atoms with Crippen LogP contribution >= 0.6 is 11.6 Å². The summed E-state index contributed by atoms with van der Waals surface area (Å²) in [5, 5.41) is 10.7. The van der Waals surface area contributed by atoms with Crippen LogP contribution in [0, 0.1) is 23.0 Å². The van der Waals surface area contributed by atoms with Crippen LogP contribution in [0.4, 0.5) is 5.69 Å². The Kier molecular flexibility index (Phi) is 4.89. The molecular formula is C11H15ClN2O4S. The van der Waals surface area contributed by atoms with Gasteiger partial charge in [0.25, 0.3) is 5.69 Å². The molecule has 0 aliphatic rings. The zero-order valence-electron chi connectivity index (χ0n) is 10.8. The number of hydrogen-bond acceptors (Lipinski definition) is 4. The van der Waals surface area contributed by atoms with E-state index in [9.17, 15) is 18.5 Å². The molecule has 0 aromatic heterocycles. The Morgan fingerprint density at radius 3 is 2.47 bits per heavy atom. The fourth-order valence-electron chi connectivity index (χ4n) is 1.43. The summed E-state index contributed by atoms with van der Waals surface area (Å²) in [5.41, 5.74) is -0.0518. The van der Waals surface area contributed by atoms with Crippen LogP contribution in [0.2, 0.25) is 5.02 Å². The third-order valence-electron chi connectivity index (χ3n) is 2.41. The van der Waals surface area contributed by atoms with Crippen molar-refractivity contribution in [3.8, 4) is 0 Å². The van der Waals surface area contributed by atoms with E-state index in [1.807, 2.05) is 13.8 Å². The number of nitrogens with one attached hydrogen (secondary N) is 1. The standard InChI is InChI=1S/C11H15ClN2O4S/c1-7(2)6-13-19(17,18)11-5-10(14(15)16)9(12)4-8(11)3/h4-5,7,13H,6H2,1-3H3. The molecule has 0 aliphatic heterocycles. The molecule has 0 fully saturated rings. The molecule has 0 saturated carbocycles. The number of hydrogen-bond donors (Lipinski definition) is 1. The average molecular weight is 307 g/mol. The van der Waals surface area contributed by atoms with Gasteiger partial charge >= 0.3 is 0 Å². The van der Waals surface area contributed by atoms with Crippen molar-refractivity contribution in [1.29, 1.82) is 0 Å². The maximum atomic E-state index is 12.1. The third kappa shape index (κ3) is 3.89. The summed E-state index contributed by atoms with van der Waals surface area (Å²) in [4.78, 5) is 9.96. The van der Waals surface area contributed by atoms with E-state index in [1.165, 1.54) is 6.07 Å². The Balaban J connectivity index is 3.27. The molecule has 0 saturated heterocycles. The van der Waals surface area contributed by atoms with Gasteiger partial charge in [-0.2, -0.15) is 0 Å². The number of halogens is 1. The first-order valence-corrected chi connectivity index (χ1v) is 7.45. The van der Waals surface area contributed by atoms with Gasteiger partial charge in [-0.15, -0.1) is 0 Å². The zero-order chi connectivity index (χ0) is 14.8. The van der Waals surface area contributed by atoms with Crippen LogP contribution in [-0.4, -0.2) is 19.9 Å². The number of nitro benzene ring substituents is 1. The Hall–Kier alpha value is -1.18. The topological polar surface area (TPSA) is 89.3 Å². The largest absolute Gasteiger partial charge is 0.289 e. The van der Waals surface area contributed by atoms with Crippen LogP contribution in [0.25, 0.3) is 0 Å². The smallest absolute Gasteiger partial charge is 0.258 e. The second kappa shape index (κ2) is 5.85. The predicted octanol–water partition coefficient (Wildman–Crippen LogP) is 2.49. The number of benzene rings is 1. The lowest BCUT2D eigenvalue weighted by Gasteiger charge is -2.11. The Morgan fingerprint density at radius 2 is 2.00 bits per heavy atom. The van der Waals surface area contributed by atoms with E-state index in [0.717, 1.165) is 6.07 Å². The highest BCUT2D eigenvalue weighted by atomic mass is 35.5. The van der Waals surface area contributed by atoms with Crippen molar-refractivity contribution in [3.63, 3.8) is 0 Å². The van der Waals surface area contributed by atoms with Gasteiger partial charge in [0.05, 0.1) is 9.82 Å². The number of aryl methyl sites for hydroxylation is 1.